The van der Waals surface area contributed by atoms with Crippen molar-refractivity contribution >= 4 is 32.8 Å². The second-order valence-electron chi connectivity index (χ2n) is 10.2. The Balaban J connectivity index is 2.82. The van der Waals surface area contributed by atoms with Gasteiger partial charge in [0.05, 0.1) is 13.2 Å². The molecule has 1 aliphatic rings. The van der Waals surface area contributed by atoms with Crippen LogP contribution in [0.1, 0.15) is 46.0 Å². The zero-order valence-corrected chi connectivity index (χ0v) is 24.2. The highest BCUT2D eigenvalue weighted by atomic mass is 31.2. The van der Waals surface area contributed by atoms with Crippen LogP contribution in [0.15, 0.2) is 0 Å². The fraction of sp³-hybridized carbons (Fsp3) is 1.00. The van der Waals surface area contributed by atoms with Crippen LogP contribution in [0.4, 0.5) is 0 Å². The van der Waals surface area contributed by atoms with Crippen molar-refractivity contribution in [3.8, 4) is 0 Å². The molecule has 0 aliphatic heterocycles. The molecule has 0 aromatic heterocycles. The average Bonchev–Trinajstić information content (AvgIpc) is 2.99. The topological polar surface area (TPSA) is 66.0 Å². The Morgan fingerprint density at radius 3 is 1.69 bits per heavy atom. The molecule has 0 aromatic rings. The zero-order chi connectivity index (χ0) is 22.4. The van der Waals surface area contributed by atoms with E-state index in [-0.39, 0.29) is 0 Å². The standard InChI is InChI=1S/C19H46NO5PSi3/c1-10-22-26(21,23-11-2)19(15-12-13-16-19)20-17-14-18-29(9,24-27(3,4)5)25-28(6,7)8/h20H,10-18H2,1-9H3. The Morgan fingerprint density at radius 2 is 1.31 bits per heavy atom. The van der Waals surface area contributed by atoms with E-state index in [1.165, 1.54) is 0 Å². The van der Waals surface area contributed by atoms with Crippen LogP contribution in [0.2, 0.25) is 51.9 Å². The van der Waals surface area contributed by atoms with Gasteiger partial charge in [0, 0.05) is 0 Å². The van der Waals surface area contributed by atoms with Gasteiger partial charge in [-0.3, -0.25) is 4.57 Å². The Bertz CT molecular complexity index is 519. The predicted molar refractivity (Wildman–Crippen MR) is 130 cm³/mol. The predicted octanol–water partition coefficient (Wildman–Crippen LogP) is 6.28. The highest BCUT2D eigenvalue weighted by Crippen LogP contribution is 2.64. The lowest BCUT2D eigenvalue weighted by Gasteiger charge is -2.39. The van der Waals surface area contributed by atoms with Crippen molar-refractivity contribution in [1.82, 2.24) is 5.32 Å². The van der Waals surface area contributed by atoms with Crippen LogP contribution in [0, 0.1) is 0 Å². The number of hydrogen-bond donors (Lipinski definition) is 1. The van der Waals surface area contributed by atoms with Crippen LogP contribution < -0.4 is 5.32 Å². The highest BCUT2D eigenvalue weighted by molar-refractivity contribution is 7.55. The van der Waals surface area contributed by atoms with E-state index in [1.807, 2.05) is 13.8 Å². The van der Waals surface area contributed by atoms with E-state index in [1.54, 1.807) is 0 Å². The maximum atomic E-state index is 13.6. The quantitative estimate of drug-likeness (QED) is 0.178. The Kier molecular flexibility index (Phi) is 10.5. The fourth-order valence-electron chi connectivity index (χ4n) is 4.28. The summed E-state index contributed by atoms with van der Waals surface area (Å²) in [4.78, 5) is 0. The molecule has 0 bridgehead atoms. The Morgan fingerprint density at radius 1 is 0.862 bits per heavy atom. The summed E-state index contributed by atoms with van der Waals surface area (Å²) in [6.07, 6.45) is 4.74. The van der Waals surface area contributed by atoms with Crippen molar-refractivity contribution in [3.05, 3.63) is 0 Å². The van der Waals surface area contributed by atoms with Gasteiger partial charge >= 0.3 is 16.2 Å². The molecule has 0 saturated heterocycles. The minimum Gasteiger partial charge on any atom is -0.437 e. The summed E-state index contributed by atoms with van der Waals surface area (Å²) in [5.41, 5.74) is 0. The van der Waals surface area contributed by atoms with E-state index in [0.717, 1.165) is 44.7 Å². The Hall–Kier alpha value is 0.681. The monoisotopic (exact) mass is 483 g/mol. The molecule has 1 saturated carbocycles. The molecule has 29 heavy (non-hydrogen) atoms. The molecule has 0 spiro atoms. The van der Waals surface area contributed by atoms with Crippen molar-refractivity contribution in [2.45, 2.75) is 103 Å². The lowest BCUT2D eigenvalue weighted by atomic mass is 10.2. The van der Waals surface area contributed by atoms with Crippen LogP contribution in [0.25, 0.3) is 0 Å². The lowest BCUT2D eigenvalue weighted by Crippen LogP contribution is -2.53. The van der Waals surface area contributed by atoms with E-state index in [4.69, 9.17) is 17.3 Å². The first-order valence-electron chi connectivity index (χ1n) is 11.2. The molecule has 0 atom stereocenters. The minimum atomic E-state index is -3.19. The highest BCUT2D eigenvalue weighted by Gasteiger charge is 2.52. The van der Waals surface area contributed by atoms with Crippen molar-refractivity contribution < 1.29 is 21.8 Å². The molecule has 10 heteroatoms. The van der Waals surface area contributed by atoms with E-state index in [0.29, 0.717) is 13.2 Å². The molecule has 1 aliphatic carbocycles. The SMILES string of the molecule is CCOP(=O)(OCC)C1(NCCC[Si](C)(O[Si](C)(C)C)O[Si](C)(C)C)CCCC1. The molecule has 174 valence electrons. The van der Waals surface area contributed by atoms with Gasteiger partial charge in [0.1, 0.15) is 5.28 Å². The number of rotatable bonds is 14. The molecule has 0 heterocycles. The number of hydrogen-bond acceptors (Lipinski definition) is 6. The first kappa shape index (κ1) is 27.7. The smallest absolute Gasteiger partial charge is 0.350 e. The van der Waals surface area contributed by atoms with Gasteiger partial charge in [-0.15, -0.1) is 0 Å². The second-order valence-corrected chi connectivity index (χ2v) is 25.4. The molecule has 6 nitrogen and oxygen atoms in total. The molecule has 1 N–H and O–H groups in total. The molecular formula is C19H46NO5PSi3. The third kappa shape index (κ3) is 8.98. The summed E-state index contributed by atoms with van der Waals surface area (Å²) in [6.45, 7) is 21.0. The van der Waals surface area contributed by atoms with Gasteiger partial charge in [-0.25, -0.2) is 0 Å². The van der Waals surface area contributed by atoms with Crippen LogP contribution >= 0.6 is 7.60 Å². The number of nitrogens with one attached hydrogen (secondary N) is 1. The first-order chi connectivity index (χ1) is 13.2. The fourth-order valence-corrected chi connectivity index (χ4v) is 19.2. The van der Waals surface area contributed by atoms with Gasteiger partial charge in [-0.1, -0.05) is 12.8 Å². The average molecular weight is 484 g/mol. The zero-order valence-electron chi connectivity index (χ0n) is 20.4. The van der Waals surface area contributed by atoms with Crippen LogP contribution in [0.3, 0.4) is 0 Å². The Labute approximate surface area is 182 Å². The maximum absolute atomic E-state index is 13.6. The van der Waals surface area contributed by atoms with Gasteiger partial charge in [0.25, 0.3) is 0 Å². The van der Waals surface area contributed by atoms with Gasteiger partial charge in [0.2, 0.25) is 0 Å². The van der Waals surface area contributed by atoms with Gasteiger partial charge in [-0.2, -0.15) is 0 Å². The van der Waals surface area contributed by atoms with Crippen LogP contribution in [-0.4, -0.2) is 50.2 Å². The maximum Gasteiger partial charge on any atom is 0.350 e. The third-order valence-corrected chi connectivity index (χ3v) is 17.3. The summed E-state index contributed by atoms with van der Waals surface area (Å²) in [7, 11) is -8.82. The summed E-state index contributed by atoms with van der Waals surface area (Å²) in [5, 5.41) is 3.08. The van der Waals surface area contributed by atoms with Crippen LogP contribution in [0.5, 0.6) is 0 Å². The molecule has 0 radical (unpaired) electrons. The molecule has 1 fully saturated rings. The van der Waals surface area contributed by atoms with Crippen LogP contribution in [-0.2, 0) is 21.8 Å². The van der Waals surface area contributed by atoms with Gasteiger partial charge in [-0.05, 0) is 91.5 Å². The molecule has 0 unspecified atom stereocenters. The molecular weight excluding hydrogens is 437 g/mol. The van der Waals surface area contributed by atoms with Gasteiger partial charge < -0.3 is 22.6 Å². The molecule has 0 aromatic carbocycles. The van der Waals surface area contributed by atoms with Crippen molar-refractivity contribution in [3.63, 3.8) is 0 Å². The van der Waals surface area contributed by atoms with Crippen molar-refractivity contribution in [1.29, 1.82) is 0 Å². The lowest BCUT2D eigenvalue weighted by molar-refractivity contribution is 0.185. The normalized spacial score (nSPS) is 18.4. The summed E-state index contributed by atoms with van der Waals surface area (Å²) >= 11 is 0. The summed E-state index contributed by atoms with van der Waals surface area (Å²) in [6, 6.07) is 0.943. The van der Waals surface area contributed by atoms with E-state index >= 15 is 0 Å². The summed E-state index contributed by atoms with van der Waals surface area (Å²) in [5.74, 6) is 0. The largest absolute Gasteiger partial charge is 0.437 e. The summed E-state index contributed by atoms with van der Waals surface area (Å²) < 4.78 is 38.2. The van der Waals surface area contributed by atoms with Crippen molar-refractivity contribution in [2.24, 2.45) is 0 Å². The van der Waals surface area contributed by atoms with Gasteiger partial charge in [0.15, 0.2) is 16.6 Å². The van der Waals surface area contributed by atoms with Crippen molar-refractivity contribution in [2.75, 3.05) is 19.8 Å². The first-order valence-corrected chi connectivity index (χ1v) is 22.1. The van der Waals surface area contributed by atoms with E-state index in [9.17, 15) is 4.57 Å². The molecule has 0 amide bonds. The van der Waals surface area contributed by atoms with E-state index in [2.05, 4.69) is 51.1 Å². The third-order valence-electron chi connectivity index (χ3n) is 4.86. The van der Waals surface area contributed by atoms with E-state index < -0.39 is 38.1 Å². The molecule has 1 rings (SSSR count). The minimum absolute atomic E-state index is 0.403. The second kappa shape index (κ2) is 11.0.